The lowest BCUT2D eigenvalue weighted by atomic mass is 9.84. The Morgan fingerprint density at radius 1 is 0.829 bits per heavy atom. The number of carbonyl (C=O) groups is 2. The summed E-state index contributed by atoms with van der Waals surface area (Å²) in [6.45, 7) is 8.03. The van der Waals surface area contributed by atoms with Gasteiger partial charge in [0, 0.05) is 16.8 Å². The minimum Gasteiger partial charge on any atom is -0.507 e. The fraction of sp³-hybridized carbons (Fsp3) is 0.200. The summed E-state index contributed by atoms with van der Waals surface area (Å²) >= 11 is 0. The maximum Gasteiger partial charge on any atom is 0.300 e. The first-order valence-corrected chi connectivity index (χ1v) is 13.5. The van der Waals surface area contributed by atoms with E-state index < -0.39 is 17.7 Å². The van der Waals surface area contributed by atoms with Crippen molar-refractivity contribution in [1.29, 1.82) is 0 Å². The van der Waals surface area contributed by atoms with E-state index in [1.165, 1.54) is 4.90 Å². The summed E-state index contributed by atoms with van der Waals surface area (Å²) in [4.78, 5) is 28.9. The molecule has 6 nitrogen and oxygen atoms in total. The molecule has 4 aromatic carbocycles. The van der Waals surface area contributed by atoms with Gasteiger partial charge in [0.2, 0.25) is 0 Å². The van der Waals surface area contributed by atoms with E-state index in [0.29, 0.717) is 34.1 Å². The quantitative estimate of drug-likeness (QED) is 0.152. The first-order chi connectivity index (χ1) is 19.6. The SMILES string of the molecule is COc1ccc(/C(O)=C2\C(=O)C(=O)N(c3ccccc3C)C2c2cccc(Oc3ccccc3)c2)cc1C(C)(C)C. The van der Waals surface area contributed by atoms with Gasteiger partial charge in [-0.3, -0.25) is 14.5 Å². The summed E-state index contributed by atoms with van der Waals surface area (Å²) in [7, 11) is 1.60. The van der Waals surface area contributed by atoms with Gasteiger partial charge in [-0.1, -0.05) is 69.3 Å². The van der Waals surface area contributed by atoms with Crippen molar-refractivity contribution in [3.05, 3.63) is 125 Å². The highest BCUT2D eigenvalue weighted by atomic mass is 16.5. The Balaban J connectivity index is 1.71. The summed E-state index contributed by atoms with van der Waals surface area (Å²) in [6.07, 6.45) is 0. The monoisotopic (exact) mass is 547 g/mol. The van der Waals surface area contributed by atoms with Gasteiger partial charge < -0.3 is 14.6 Å². The molecular formula is C35H33NO5. The van der Waals surface area contributed by atoms with Crippen LogP contribution in [0.3, 0.4) is 0 Å². The Morgan fingerprint density at radius 2 is 1.51 bits per heavy atom. The van der Waals surface area contributed by atoms with E-state index in [2.05, 4.69) is 0 Å². The van der Waals surface area contributed by atoms with Crippen LogP contribution in [-0.4, -0.2) is 23.9 Å². The highest BCUT2D eigenvalue weighted by Gasteiger charge is 2.47. The van der Waals surface area contributed by atoms with Gasteiger partial charge in [-0.05, 0) is 72.0 Å². The average Bonchev–Trinajstić information content (AvgIpc) is 3.22. The van der Waals surface area contributed by atoms with E-state index in [1.807, 2.05) is 107 Å². The minimum atomic E-state index is -0.879. The van der Waals surface area contributed by atoms with Crippen molar-refractivity contribution in [1.82, 2.24) is 0 Å². The number of hydrogen-bond donors (Lipinski definition) is 1. The Labute approximate surface area is 240 Å². The molecule has 1 unspecified atom stereocenters. The average molecular weight is 548 g/mol. The summed E-state index contributed by atoms with van der Waals surface area (Å²) in [6, 6.07) is 28.5. The molecule has 1 fully saturated rings. The van der Waals surface area contributed by atoms with Crippen LogP contribution in [-0.2, 0) is 15.0 Å². The maximum atomic E-state index is 13.7. The van der Waals surface area contributed by atoms with E-state index in [-0.39, 0.29) is 16.7 Å². The predicted octanol–water partition coefficient (Wildman–Crippen LogP) is 7.72. The number of ketones is 1. The van der Waals surface area contributed by atoms with Crippen molar-refractivity contribution in [2.75, 3.05) is 12.0 Å². The van der Waals surface area contributed by atoms with Crippen LogP contribution in [0.4, 0.5) is 5.69 Å². The number of methoxy groups -OCH3 is 1. The zero-order chi connectivity index (χ0) is 29.3. The van der Waals surface area contributed by atoms with Gasteiger partial charge >= 0.3 is 0 Å². The molecule has 0 aliphatic carbocycles. The maximum absolute atomic E-state index is 13.7. The first kappa shape index (κ1) is 27.7. The van der Waals surface area contributed by atoms with Crippen molar-refractivity contribution in [3.8, 4) is 17.2 Å². The van der Waals surface area contributed by atoms with Crippen LogP contribution < -0.4 is 14.4 Å². The summed E-state index contributed by atoms with van der Waals surface area (Å²) in [5, 5.41) is 11.7. The molecule has 5 rings (SSSR count). The van der Waals surface area contributed by atoms with Crippen LogP contribution in [0.15, 0.2) is 103 Å². The predicted molar refractivity (Wildman–Crippen MR) is 161 cm³/mol. The Bertz CT molecular complexity index is 1650. The summed E-state index contributed by atoms with van der Waals surface area (Å²) in [5.41, 5.74) is 3.07. The van der Waals surface area contributed by atoms with E-state index in [0.717, 1.165) is 11.1 Å². The van der Waals surface area contributed by atoms with Gasteiger partial charge in [0.15, 0.2) is 0 Å². The van der Waals surface area contributed by atoms with E-state index in [9.17, 15) is 14.7 Å². The fourth-order valence-corrected chi connectivity index (χ4v) is 5.20. The molecule has 1 heterocycles. The van der Waals surface area contributed by atoms with Gasteiger partial charge in [0.05, 0.1) is 18.7 Å². The number of carbonyl (C=O) groups excluding carboxylic acids is 2. The molecule has 41 heavy (non-hydrogen) atoms. The third-order valence-electron chi connectivity index (χ3n) is 7.25. The van der Waals surface area contributed by atoms with Crippen molar-refractivity contribution < 1.29 is 24.2 Å². The number of hydrogen-bond acceptors (Lipinski definition) is 5. The molecule has 0 radical (unpaired) electrons. The number of Topliss-reactive ketones (excluding diaryl/α,β-unsaturated/α-hetero) is 1. The number of nitrogens with zero attached hydrogens (tertiary/aromatic N) is 1. The molecule has 6 heteroatoms. The molecule has 0 aromatic heterocycles. The highest BCUT2D eigenvalue weighted by Crippen LogP contribution is 2.44. The van der Waals surface area contributed by atoms with Crippen LogP contribution >= 0.6 is 0 Å². The topological polar surface area (TPSA) is 76.1 Å². The molecule has 4 aromatic rings. The lowest BCUT2D eigenvalue weighted by molar-refractivity contribution is -0.132. The molecule has 208 valence electrons. The van der Waals surface area contributed by atoms with Crippen LogP contribution in [0.1, 0.15) is 49.1 Å². The highest BCUT2D eigenvalue weighted by molar-refractivity contribution is 6.51. The number of aliphatic hydroxyl groups is 1. The summed E-state index contributed by atoms with van der Waals surface area (Å²) in [5.74, 6) is 0.181. The van der Waals surface area contributed by atoms with Gasteiger partial charge in [-0.15, -0.1) is 0 Å². The number of aryl methyl sites for hydroxylation is 1. The number of benzene rings is 4. The Morgan fingerprint density at radius 3 is 2.20 bits per heavy atom. The van der Waals surface area contributed by atoms with E-state index >= 15 is 0 Å². The fourth-order valence-electron chi connectivity index (χ4n) is 5.20. The summed E-state index contributed by atoms with van der Waals surface area (Å²) < 4.78 is 11.6. The van der Waals surface area contributed by atoms with Gasteiger partial charge in [-0.2, -0.15) is 0 Å². The molecule has 1 atom stereocenters. The zero-order valence-electron chi connectivity index (χ0n) is 23.8. The van der Waals surface area contributed by atoms with Crippen molar-refractivity contribution in [3.63, 3.8) is 0 Å². The molecule has 1 saturated heterocycles. The first-order valence-electron chi connectivity index (χ1n) is 13.5. The third kappa shape index (κ3) is 5.33. The Hall–Kier alpha value is -4.84. The Kier molecular flexibility index (Phi) is 7.41. The number of rotatable bonds is 6. The van der Waals surface area contributed by atoms with Gasteiger partial charge in [-0.25, -0.2) is 0 Å². The second kappa shape index (κ2) is 11.0. The van der Waals surface area contributed by atoms with Crippen molar-refractivity contribution in [2.45, 2.75) is 39.2 Å². The number of para-hydroxylation sites is 2. The zero-order valence-corrected chi connectivity index (χ0v) is 23.8. The molecule has 1 amide bonds. The largest absolute Gasteiger partial charge is 0.507 e. The number of ether oxygens (including phenoxy) is 2. The number of aliphatic hydroxyl groups excluding tert-OH is 1. The normalized spacial score (nSPS) is 16.6. The van der Waals surface area contributed by atoms with E-state index in [4.69, 9.17) is 9.47 Å². The van der Waals surface area contributed by atoms with Crippen LogP contribution in [0.2, 0.25) is 0 Å². The molecule has 0 saturated carbocycles. The standard InChI is InChI=1S/C35H33NO5/c1-22-12-9-10-17-28(22)36-31(23-13-11-16-26(20-23)41-25-14-7-6-8-15-25)30(33(38)34(36)39)32(37)24-18-19-29(40-5)27(21-24)35(2,3)4/h6-21,31,37H,1-5H3/b32-30+. The smallest absolute Gasteiger partial charge is 0.300 e. The molecular weight excluding hydrogens is 514 g/mol. The van der Waals surface area contributed by atoms with Crippen LogP contribution in [0.5, 0.6) is 17.2 Å². The van der Waals surface area contributed by atoms with Gasteiger partial charge in [0.1, 0.15) is 23.0 Å². The third-order valence-corrected chi connectivity index (χ3v) is 7.25. The second-order valence-electron chi connectivity index (χ2n) is 11.1. The molecule has 0 spiro atoms. The van der Waals surface area contributed by atoms with Crippen LogP contribution in [0, 0.1) is 6.92 Å². The lowest BCUT2D eigenvalue weighted by Gasteiger charge is -2.27. The van der Waals surface area contributed by atoms with Gasteiger partial charge in [0.25, 0.3) is 11.7 Å². The van der Waals surface area contributed by atoms with Crippen molar-refractivity contribution >= 4 is 23.1 Å². The van der Waals surface area contributed by atoms with E-state index in [1.54, 1.807) is 25.3 Å². The van der Waals surface area contributed by atoms with Crippen LogP contribution in [0.25, 0.3) is 5.76 Å². The minimum absolute atomic E-state index is 0.0140. The molecule has 1 N–H and O–H groups in total. The number of anilines is 1. The lowest BCUT2D eigenvalue weighted by Crippen LogP contribution is -2.30. The van der Waals surface area contributed by atoms with Crippen molar-refractivity contribution in [2.24, 2.45) is 0 Å². The molecule has 1 aliphatic heterocycles. The number of amides is 1. The molecule has 0 bridgehead atoms. The molecule has 1 aliphatic rings. The second-order valence-corrected chi connectivity index (χ2v) is 11.1.